The van der Waals surface area contributed by atoms with Gasteiger partial charge < -0.3 is 4.90 Å². The zero-order chi connectivity index (χ0) is 16.7. The van der Waals surface area contributed by atoms with Crippen LogP contribution in [0.4, 0.5) is 0 Å². The maximum Gasteiger partial charge on any atom is 0.240 e. The molecule has 0 unspecified atom stereocenters. The fourth-order valence-electron chi connectivity index (χ4n) is 2.06. The van der Waals surface area contributed by atoms with E-state index in [2.05, 4.69) is 9.71 Å². The smallest absolute Gasteiger partial charge is 0.240 e. The first-order valence-electron chi connectivity index (χ1n) is 7.18. The molecule has 1 amide bonds. The van der Waals surface area contributed by atoms with Gasteiger partial charge in [-0.1, -0.05) is 24.3 Å². The van der Waals surface area contributed by atoms with Crippen LogP contribution in [-0.4, -0.2) is 37.3 Å². The van der Waals surface area contributed by atoms with Gasteiger partial charge in [0.2, 0.25) is 15.9 Å². The van der Waals surface area contributed by atoms with Gasteiger partial charge in [-0.3, -0.25) is 9.78 Å². The van der Waals surface area contributed by atoms with Crippen LogP contribution in [0.3, 0.4) is 0 Å². The predicted octanol–water partition coefficient (Wildman–Crippen LogP) is 1.41. The van der Waals surface area contributed by atoms with Crippen LogP contribution >= 0.6 is 0 Å². The van der Waals surface area contributed by atoms with E-state index in [0.717, 1.165) is 5.56 Å². The zero-order valence-electron chi connectivity index (χ0n) is 12.8. The predicted molar refractivity (Wildman–Crippen MR) is 87.0 cm³/mol. The van der Waals surface area contributed by atoms with Crippen molar-refractivity contribution in [2.24, 2.45) is 0 Å². The lowest BCUT2D eigenvalue weighted by Gasteiger charge is -2.21. The maximum atomic E-state index is 12.1. The van der Waals surface area contributed by atoms with Crippen molar-refractivity contribution >= 4 is 15.9 Å². The van der Waals surface area contributed by atoms with Gasteiger partial charge in [-0.15, -0.1) is 0 Å². The second-order valence-electron chi connectivity index (χ2n) is 5.01. The van der Waals surface area contributed by atoms with Crippen LogP contribution in [0.5, 0.6) is 0 Å². The van der Waals surface area contributed by atoms with Gasteiger partial charge in [0.05, 0.1) is 4.90 Å². The average molecular weight is 333 g/mol. The molecule has 0 bridgehead atoms. The van der Waals surface area contributed by atoms with Crippen molar-refractivity contribution in [2.75, 3.05) is 13.1 Å². The summed E-state index contributed by atoms with van der Waals surface area (Å²) in [7, 11) is -3.55. The first-order chi connectivity index (χ1) is 11.0. The van der Waals surface area contributed by atoms with E-state index in [4.69, 9.17) is 0 Å². The second-order valence-corrected chi connectivity index (χ2v) is 6.78. The van der Waals surface area contributed by atoms with Crippen molar-refractivity contribution in [3.05, 3.63) is 60.4 Å². The first kappa shape index (κ1) is 17.1. The van der Waals surface area contributed by atoms with E-state index in [1.165, 1.54) is 19.1 Å². The minimum Gasteiger partial charge on any atom is -0.337 e. The third-order valence-electron chi connectivity index (χ3n) is 3.27. The second kappa shape index (κ2) is 7.85. The molecule has 0 aliphatic rings. The Morgan fingerprint density at radius 3 is 2.52 bits per heavy atom. The Bertz CT molecular complexity index is 734. The third-order valence-corrected chi connectivity index (χ3v) is 4.75. The number of nitrogens with one attached hydrogen (secondary N) is 1. The van der Waals surface area contributed by atoms with E-state index >= 15 is 0 Å². The third kappa shape index (κ3) is 5.15. The van der Waals surface area contributed by atoms with E-state index in [-0.39, 0.29) is 23.9 Å². The van der Waals surface area contributed by atoms with Gasteiger partial charge in [0.25, 0.3) is 0 Å². The largest absolute Gasteiger partial charge is 0.337 e. The van der Waals surface area contributed by atoms with Crippen LogP contribution in [0.15, 0.2) is 59.8 Å². The zero-order valence-corrected chi connectivity index (χ0v) is 13.7. The molecule has 0 saturated heterocycles. The fraction of sp³-hybridized carbons (Fsp3) is 0.250. The monoisotopic (exact) mass is 333 g/mol. The highest BCUT2D eigenvalue weighted by molar-refractivity contribution is 7.89. The summed E-state index contributed by atoms with van der Waals surface area (Å²) in [6.45, 7) is 2.30. The Morgan fingerprint density at radius 1 is 1.17 bits per heavy atom. The summed E-state index contributed by atoms with van der Waals surface area (Å²) in [4.78, 5) is 17.5. The quantitative estimate of drug-likeness (QED) is 0.831. The number of carbonyl (C=O) groups excluding carboxylic acids is 1. The Hall–Kier alpha value is -2.25. The van der Waals surface area contributed by atoms with Crippen molar-refractivity contribution in [3.8, 4) is 0 Å². The Balaban J connectivity index is 1.93. The topological polar surface area (TPSA) is 79.4 Å². The van der Waals surface area contributed by atoms with Crippen molar-refractivity contribution < 1.29 is 13.2 Å². The van der Waals surface area contributed by atoms with E-state index in [1.807, 2.05) is 6.07 Å². The highest BCUT2D eigenvalue weighted by atomic mass is 32.2. The van der Waals surface area contributed by atoms with Gasteiger partial charge >= 0.3 is 0 Å². The lowest BCUT2D eigenvalue weighted by atomic mass is 10.2. The van der Waals surface area contributed by atoms with Gasteiger partial charge in [0.1, 0.15) is 0 Å². The molecule has 1 aromatic carbocycles. The van der Waals surface area contributed by atoms with E-state index < -0.39 is 10.0 Å². The number of pyridine rings is 1. The molecule has 2 rings (SSSR count). The van der Waals surface area contributed by atoms with Crippen LogP contribution in [0, 0.1) is 0 Å². The molecule has 0 radical (unpaired) electrons. The van der Waals surface area contributed by atoms with Crippen molar-refractivity contribution in [2.45, 2.75) is 18.4 Å². The number of hydrogen-bond acceptors (Lipinski definition) is 4. The number of amides is 1. The summed E-state index contributed by atoms with van der Waals surface area (Å²) >= 11 is 0. The molecule has 0 fully saturated rings. The molecule has 23 heavy (non-hydrogen) atoms. The Labute approximate surface area is 136 Å². The van der Waals surface area contributed by atoms with Gasteiger partial charge in [-0.2, -0.15) is 0 Å². The molecule has 0 atom stereocenters. The minimum atomic E-state index is -3.55. The molecule has 7 heteroatoms. The lowest BCUT2D eigenvalue weighted by Crippen LogP contribution is -2.37. The lowest BCUT2D eigenvalue weighted by molar-refractivity contribution is -0.129. The average Bonchev–Trinajstić information content (AvgIpc) is 2.55. The highest BCUT2D eigenvalue weighted by Gasteiger charge is 2.15. The molecular weight excluding hydrogens is 314 g/mol. The van der Waals surface area contributed by atoms with Crippen LogP contribution in [0.25, 0.3) is 0 Å². The molecule has 1 aromatic heterocycles. The molecule has 1 N–H and O–H groups in total. The summed E-state index contributed by atoms with van der Waals surface area (Å²) < 4.78 is 26.7. The number of aromatic nitrogens is 1. The molecule has 0 saturated carbocycles. The van der Waals surface area contributed by atoms with Crippen LogP contribution in [-0.2, 0) is 21.4 Å². The molecule has 0 aliphatic heterocycles. The highest BCUT2D eigenvalue weighted by Crippen LogP contribution is 2.07. The number of hydrogen-bond donors (Lipinski definition) is 1. The molecule has 0 aliphatic carbocycles. The van der Waals surface area contributed by atoms with Crippen LogP contribution < -0.4 is 4.72 Å². The van der Waals surface area contributed by atoms with Crippen molar-refractivity contribution in [3.63, 3.8) is 0 Å². The summed E-state index contributed by atoms with van der Waals surface area (Å²) in [6.07, 6.45) is 3.35. The van der Waals surface area contributed by atoms with E-state index in [0.29, 0.717) is 6.54 Å². The molecular formula is C16H19N3O3S. The number of benzene rings is 1. The van der Waals surface area contributed by atoms with E-state index in [1.54, 1.807) is 41.6 Å². The summed E-state index contributed by atoms with van der Waals surface area (Å²) in [5.74, 6) is -0.118. The fourth-order valence-corrected chi connectivity index (χ4v) is 3.10. The van der Waals surface area contributed by atoms with Crippen LogP contribution in [0.1, 0.15) is 12.5 Å². The molecule has 6 nitrogen and oxygen atoms in total. The van der Waals surface area contributed by atoms with E-state index in [9.17, 15) is 13.2 Å². The Morgan fingerprint density at radius 2 is 1.91 bits per heavy atom. The number of carbonyl (C=O) groups is 1. The molecule has 122 valence electrons. The standard InChI is InChI=1S/C16H19N3O3S/c1-14(20)19(13-15-6-5-9-17-12-15)11-10-18-23(21,22)16-7-3-2-4-8-16/h2-9,12,18H,10-11,13H2,1H3. The number of sulfonamides is 1. The molecule has 0 spiro atoms. The van der Waals surface area contributed by atoms with Crippen molar-refractivity contribution in [1.82, 2.24) is 14.6 Å². The van der Waals surface area contributed by atoms with Gasteiger partial charge in [0.15, 0.2) is 0 Å². The molecule has 1 heterocycles. The summed E-state index contributed by atoms with van der Waals surface area (Å²) in [6, 6.07) is 11.8. The van der Waals surface area contributed by atoms with Crippen LogP contribution in [0.2, 0.25) is 0 Å². The maximum absolute atomic E-state index is 12.1. The number of rotatable bonds is 7. The number of nitrogens with zero attached hydrogens (tertiary/aromatic N) is 2. The first-order valence-corrected chi connectivity index (χ1v) is 8.66. The van der Waals surface area contributed by atoms with Gasteiger partial charge in [-0.25, -0.2) is 13.1 Å². The normalized spacial score (nSPS) is 11.2. The Kier molecular flexibility index (Phi) is 5.84. The SMILES string of the molecule is CC(=O)N(CCNS(=O)(=O)c1ccccc1)Cc1cccnc1. The summed E-state index contributed by atoms with van der Waals surface area (Å²) in [5, 5.41) is 0. The van der Waals surface area contributed by atoms with Crippen molar-refractivity contribution in [1.29, 1.82) is 0 Å². The summed E-state index contributed by atoms with van der Waals surface area (Å²) in [5.41, 5.74) is 0.897. The molecule has 2 aromatic rings. The minimum absolute atomic E-state index is 0.118. The van der Waals surface area contributed by atoms with Gasteiger partial charge in [0, 0.05) is 39.0 Å². The van der Waals surface area contributed by atoms with Gasteiger partial charge in [-0.05, 0) is 23.8 Å².